The van der Waals surface area contributed by atoms with Gasteiger partial charge in [0.05, 0.1) is 18.6 Å². The molecule has 1 aromatic rings. The van der Waals surface area contributed by atoms with Crippen LogP contribution in [-0.4, -0.2) is 43.4 Å². The summed E-state index contributed by atoms with van der Waals surface area (Å²) in [4.78, 5) is 15.1. The van der Waals surface area contributed by atoms with Gasteiger partial charge < -0.3 is 14.4 Å². The molecule has 1 saturated carbocycles. The molecule has 2 aliphatic heterocycles. The van der Waals surface area contributed by atoms with Gasteiger partial charge in [-0.15, -0.1) is 0 Å². The van der Waals surface area contributed by atoms with Crippen LogP contribution >= 0.6 is 11.6 Å². The summed E-state index contributed by atoms with van der Waals surface area (Å²) in [6, 6.07) is 7.76. The Morgan fingerprint density at radius 1 is 1.09 bits per heavy atom. The molecule has 0 bridgehead atoms. The summed E-state index contributed by atoms with van der Waals surface area (Å²) in [5.74, 6) is 0.707. The fraction of sp³-hybridized carbons (Fsp3) is 0.611. The Balaban J connectivity index is 1.41. The Morgan fingerprint density at radius 3 is 2.26 bits per heavy atom. The lowest BCUT2D eigenvalue weighted by Crippen LogP contribution is -2.45. The van der Waals surface area contributed by atoms with E-state index in [0.29, 0.717) is 19.1 Å². The standard InChI is InChI=1S/C18H22ClNO3/c19-15-3-1-14(2-4-15)18(7-8-18)17(21)20-9-5-13(6-10-20)16-22-11-12-23-16/h1-4,13,16H,5-12H2. The zero-order valence-electron chi connectivity index (χ0n) is 13.2. The number of carbonyl (C=O) groups is 1. The van der Waals surface area contributed by atoms with Crippen LogP contribution in [0.15, 0.2) is 24.3 Å². The fourth-order valence-corrected chi connectivity index (χ4v) is 3.97. The van der Waals surface area contributed by atoms with Crippen LogP contribution in [-0.2, 0) is 19.7 Å². The first-order chi connectivity index (χ1) is 11.2. The molecule has 0 atom stereocenters. The van der Waals surface area contributed by atoms with E-state index in [-0.39, 0.29) is 17.6 Å². The number of piperidine rings is 1. The molecule has 1 aliphatic carbocycles. The monoisotopic (exact) mass is 335 g/mol. The average molecular weight is 336 g/mol. The Bertz CT molecular complexity index is 570. The van der Waals surface area contributed by atoms with E-state index in [1.165, 1.54) is 0 Å². The minimum atomic E-state index is -0.294. The molecule has 4 nitrogen and oxygen atoms in total. The molecular formula is C18H22ClNO3. The molecule has 5 heteroatoms. The summed E-state index contributed by atoms with van der Waals surface area (Å²) in [7, 11) is 0. The van der Waals surface area contributed by atoms with E-state index >= 15 is 0 Å². The molecule has 3 aliphatic rings. The van der Waals surface area contributed by atoms with Crippen LogP contribution in [0, 0.1) is 5.92 Å². The number of rotatable bonds is 3. The summed E-state index contributed by atoms with van der Waals surface area (Å²) in [5, 5.41) is 0.717. The van der Waals surface area contributed by atoms with Gasteiger partial charge in [-0.05, 0) is 43.4 Å². The Hall–Kier alpha value is -1.10. The molecule has 2 saturated heterocycles. The summed E-state index contributed by atoms with van der Waals surface area (Å²) in [5.41, 5.74) is 0.814. The van der Waals surface area contributed by atoms with Gasteiger partial charge in [-0.1, -0.05) is 23.7 Å². The quantitative estimate of drug-likeness (QED) is 0.852. The number of nitrogens with zero attached hydrogens (tertiary/aromatic N) is 1. The second-order valence-electron chi connectivity index (χ2n) is 6.83. The highest BCUT2D eigenvalue weighted by Gasteiger charge is 2.53. The molecule has 1 aromatic carbocycles. The van der Waals surface area contributed by atoms with Crippen LogP contribution in [0.4, 0.5) is 0 Å². The van der Waals surface area contributed by atoms with Crippen molar-refractivity contribution in [1.82, 2.24) is 4.90 Å². The molecule has 124 valence electrons. The molecule has 23 heavy (non-hydrogen) atoms. The molecule has 0 radical (unpaired) electrons. The number of carbonyl (C=O) groups excluding carboxylic acids is 1. The second kappa shape index (κ2) is 6.08. The van der Waals surface area contributed by atoms with Gasteiger partial charge >= 0.3 is 0 Å². The third kappa shape index (κ3) is 2.88. The number of halogens is 1. The van der Waals surface area contributed by atoms with Crippen molar-refractivity contribution in [2.75, 3.05) is 26.3 Å². The SMILES string of the molecule is O=C(N1CCC(C2OCCO2)CC1)C1(c2ccc(Cl)cc2)CC1. The first-order valence-corrected chi connectivity index (χ1v) is 8.85. The van der Waals surface area contributed by atoms with Crippen LogP contribution < -0.4 is 0 Å². The van der Waals surface area contributed by atoms with Crippen LogP contribution in [0.3, 0.4) is 0 Å². The lowest BCUT2D eigenvalue weighted by atomic mass is 9.91. The van der Waals surface area contributed by atoms with Crippen molar-refractivity contribution in [2.24, 2.45) is 5.92 Å². The number of amides is 1. The third-order valence-electron chi connectivity index (χ3n) is 5.42. The Morgan fingerprint density at radius 2 is 1.70 bits per heavy atom. The molecule has 4 rings (SSSR count). The second-order valence-corrected chi connectivity index (χ2v) is 7.27. The predicted octanol–water partition coefficient (Wildman–Crippen LogP) is 2.98. The van der Waals surface area contributed by atoms with Crippen molar-refractivity contribution in [3.05, 3.63) is 34.9 Å². The topological polar surface area (TPSA) is 38.8 Å². The van der Waals surface area contributed by atoms with E-state index in [1.807, 2.05) is 29.2 Å². The van der Waals surface area contributed by atoms with Gasteiger partial charge in [0.25, 0.3) is 0 Å². The molecule has 1 amide bonds. The fourth-order valence-electron chi connectivity index (χ4n) is 3.85. The number of hydrogen-bond donors (Lipinski definition) is 0. The van der Waals surface area contributed by atoms with E-state index in [0.717, 1.165) is 49.4 Å². The minimum absolute atomic E-state index is 0.0570. The average Bonchev–Trinajstić information content (AvgIpc) is 3.21. The first-order valence-electron chi connectivity index (χ1n) is 8.48. The molecule has 0 unspecified atom stereocenters. The molecule has 0 aromatic heterocycles. The van der Waals surface area contributed by atoms with Crippen LogP contribution in [0.5, 0.6) is 0 Å². The highest BCUT2D eigenvalue weighted by Crippen LogP contribution is 2.50. The van der Waals surface area contributed by atoms with Crippen molar-refractivity contribution >= 4 is 17.5 Å². The summed E-state index contributed by atoms with van der Waals surface area (Å²) < 4.78 is 11.2. The van der Waals surface area contributed by atoms with Crippen LogP contribution in [0.1, 0.15) is 31.2 Å². The lowest BCUT2D eigenvalue weighted by molar-refractivity contribution is -0.139. The van der Waals surface area contributed by atoms with Crippen molar-refractivity contribution in [3.8, 4) is 0 Å². The number of benzene rings is 1. The molecule has 0 spiro atoms. The molecular weight excluding hydrogens is 314 g/mol. The van der Waals surface area contributed by atoms with Crippen molar-refractivity contribution < 1.29 is 14.3 Å². The van der Waals surface area contributed by atoms with Gasteiger partial charge in [0, 0.05) is 24.0 Å². The van der Waals surface area contributed by atoms with Crippen molar-refractivity contribution in [2.45, 2.75) is 37.4 Å². The van der Waals surface area contributed by atoms with E-state index in [1.54, 1.807) is 0 Å². The number of likely N-dealkylation sites (tertiary alicyclic amines) is 1. The van der Waals surface area contributed by atoms with E-state index in [4.69, 9.17) is 21.1 Å². The van der Waals surface area contributed by atoms with Crippen molar-refractivity contribution in [3.63, 3.8) is 0 Å². The van der Waals surface area contributed by atoms with Crippen LogP contribution in [0.2, 0.25) is 5.02 Å². The summed E-state index contributed by atoms with van der Waals surface area (Å²) >= 11 is 5.97. The zero-order valence-corrected chi connectivity index (χ0v) is 13.9. The minimum Gasteiger partial charge on any atom is -0.350 e. The normalized spacial score (nSPS) is 24.8. The van der Waals surface area contributed by atoms with Gasteiger partial charge in [-0.3, -0.25) is 4.79 Å². The maximum atomic E-state index is 13.0. The number of hydrogen-bond acceptors (Lipinski definition) is 3. The van der Waals surface area contributed by atoms with Gasteiger partial charge in [-0.25, -0.2) is 0 Å². The zero-order chi connectivity index (χ0) is 15.9. The Labute approximate surface area is 141 Å². The van der Waals surface area contributed by atoms with Gasteiger partial charge in [0.1, 0.15) is 0 Å². The molecule has 2 heterocycles. The Kier molecular flexibility index (Phi) is 4.08. The highest BCUT2D eigenvalue weighted by molar-refractivity contribution is 6.30. The lowest BCUT2D eigenvalue weighted by Gasteiger charge is -2.36. The van der Waals surface area contributed by atoms with E-state index in [2.05, 4.69) is 0 Å². The predicted molar refractivity (Wildman–Crippen MR) is 87.4 cm³/mol. The maximum Gasteiger partial charge on any atom is 0.233 e. The van der Waals surface area contributed by atoms with Crippen molar-refractivity contribution in [1.29, 1.82) is 0 Å². The summed E-state index contributed by atoms with van der Waals surface area (Å²) in [6.07, 6.45) is 3.77. The number of ether oxygens (including phenoxy) is 2. The van der Waals surface area contributed by atoms with E-state index < -0.39 is 0 Å². The highest BCUT2D eigenvalue weighted by atomic mass is 35.5. The largest absolute Gasteiger partial charge is 0.350 e. The maximum absolute atomic E-state index is 13.0. The third-order valence-corrected chi connectivity index (χ3v) is 5.67. The van der Waals surface area contributed by atoms with E-state index in [9.17, 15) is 4.79 Å². The summed E-state index contributed by atoms with van der Waals surface area (Å²) in [6.45, 7) is 3.01. The smallest absolute Gasteiger partial charge is 0.233 e. The first kappa shape index (κ1) is 15.4. The molecule has 3 fully saturated rings. The molecule has 0 N–H and O–H groups in total. The van der Waals surface area contributed by atoms with Crippen LogP contribution in [0.25, 0.3) is 0 Å². The van der Waals surface area contributed by atoms with Gasteiger partial charge in [-0.2, -0.15) is 0 Å². The van der Waals surface area contributed by atoms with Gasteiger partial charge in [0.15, 0.2) is 6.29 Å². The van der Waals surface area contributed by atoms with Gasteiger partial charge in [0.2, 0.25) is 5.91 Å².